The highest BCUT2D eigenvalue weighted by molar-refractivity contribution is 7.92. The van der Waals surface area contributed by atoms with Crippen LogP contribution in [0.15, 0.2) is 107 Å². The number of methoxy groups -OCH3 is 1. The highest BCUT2D eigenvalue weighted by atomic mass is 35.5. The standard InChI is InChI=1S/C30H26ClFN4O6S/c1-41-28-16-9-22(31)17-27(28)36(43(39,40)26-5-3-2-4-6-26)19-29(37)35-33-18-21-7-14-25(15-8-21)42-20-30(38)34-24-12-10-23(32)11-13-24/h2-18H,19-20H2,1H3,(H,34,38)(H,35,37)/b33-18-. The molecule has 13 heteroatoms. The maximum absolute atomic E-state index is 13.5. The minimum Gasteiger partial charge on any atom is -0.495 e. The molecule has 0 aliphatic heterocycles. The van der Waals surface area contributed by atoms with Crippen LogP contribution in [0.4, 0.5) is 15.8 Å². The molecule has 222 valence electrons. The number of carbonyl (C=O) groups is 2. The van der Waals surface area contributed by atoms with E-state index in [-0.39, 0.29) is 28.0 Å². The van der Waals surface area contributed by atoms with E-state index in [1.54, 1.807) is 48.5 Å². The van der Waals surface area contributed by atoms with E-state index < -0.39 is 34.2 Å². The van der Waals surface area contributed by atoms with Crippen LogP contribution in [0.3, 0.4) is 0 Å². The fourth-order valence-electron chi connectivity index (χ4n) is 3.75. The molecule has 2 amide bonds. The number of sulfonamides is 1. The zero-order chi connectivity index (χ0) is 30.8. The van der Waals surface area contributed by atoms with Crippen LogP contribution in [-0.4, -0.2) is 46.7 Å². The van der Waals surface area contributed by atoms with Gasteiger partial charge in [0.1, 0.15) is 23.9 Å². The minimum atomic E-state index is -4.19. The van der Waals surface area contributed by atoms with Crippen LogP contribution >= 0.6 is 11.6 Å². The Hall–Kier alpha value is -4.94. The first-order valence-electron chi connectivity index (χ1n) is 12.7. The van der Waals surface area contributed by atoms with Gasteiger partial charge < -0.3 is 14.8 Å². The maximum Gasteiger partial charge on any atom is 0.264 e. The third kappa shape index (κ3) is 8.53. The number of amides is 2. The van der Waals surface area contributed by atoms with Crippen molar-refractivity contribution in [3.05, 3.63) is 113 Å². The number of rotatable bonds is 12. The second-order valence-electron chi connectivity index (χ2n) is 8.85. The summed E-state index contributed by atoms with van der Waals surface area (Å²) in [5, 5.41) is 6.77. The van der Waals surface area contributed by atoms with Crippen molar-refractivity contribution in [2.24, 2.45) is 5.10 Å². The molecular weight excluding hydrogens is 599 g/mol. The largest absolute Gasteiger partial charge is 0.495 e. The number of anilines is 2. The first-order chi connectivity index (χ1) is 20.7. The molecule has 4 aromatic rings. The topological polar surface area (TPSA) is 126 Å². The Kier molecular flexibility index (Phi) is 10.3. The number of hydrogen-bond donors (Lipinski definition) is 2. The summed E-state index contributed by atoms with van der Waals surface area (Å²) in [7, 11) is -2.81. The fraction of sp³-hybridized carbons (Fsp3) is 0.100. The third-order valence-electron chi connectivity index (χ3n) is 5.81. The molecule has 10 nitrogen and oxygen atoms in total. The van der Waals surface area contributed by atoms with Crippen LogP contribution in [0.5, 0.6) is 11.5 Å². The second kappa shape index (κ2) is 14.3. The van der Waals surface area contributed by atoms with Crippen molar-refractivity contribution < 1.29 is 31.9 Å². The predicted molar refractivity (Wildman–Crippen MR) is 162 cm³/mol. The van der Waals surface area contributed by atoms with Crippen LogP contribution in [0, 0.1) is 5.82 Å². The van der Waals surface area contributed by atoms with Crippen LogP contribution in [0.1, 0.15) is 5.56 Å². The van der Waals surface area contributed by atoms with Crippen LogP contribution in [0.2, 0.25) is 5.02 Å². The molecule has 0 aromatic heterocycles. The van der Waals surface area contributed by atoms with Crippen molar-refractivity contribution in [2.45, 2.75) is 4.90 Å². The monoisotopic (exact) mass is 624 g/mol. The van der Waals surface area contributed by atoms with Gasteiger partial charge in [0.25, 0.3) is 21.8 Å². The number of ether oxygens (including phenoxy) is 2. The molecule has 0 spiro atoms. The van der Waals surface area contributed by atoms with Gasteiger partial charge in [0.05, 0.1) is 23.9 Å². The Labute approximate surface area is 252 Å². The van der Waals surface area contributed by atoms with E-state index in [1.165, 1.54) is 61.9 Å². The Balaban J connectivity index is 1.38. The highest BCUT2D eigenvalue weighted by Gasteiger charge is 2.29. The zero-order valence-corrected chi connectivity index (χ0v) is 24.3. The molecule has 4 rings (SSSR count). The lowest BCUT2D eigenvalue weighted by atomic mass is 10.2. The molecule has 0 saturated heterocycles. The SMILES string of the molecule is COc1ccc(Cl)cc1N(CC(=O)N/N=C\c1ccc(OCC(=O)Nc2ccc(F)cc2)cc1)S(=O)(=O)c1ccccc1. The van der Waals surface area contributed by atoms with Crippen molar-refractivity contribution in [3.8, 4) is 11.5 Å². The summed E-state index contributed by atoms with van der Waals surface area (Å²) < 4.78 is 51.8. The number of nitrogens with one attached hydrogen (secondary N) is 2. The molecule has 0 aliphatic rings. The van der Waals surface area contributed by atoms with Crippen molar-refractivity contribution >= 4 is 51.0 Å². The predicted octanol–water partition coefficient (Wildman–Crippen LogP) is 4.85. The molecule has 0 bridgehead atoms. The normalized spacial score (nSPS) is 11.1. The number of hydrazone groups is 1. The molecule has 0 heterocycles. The summed E-state index contributed by atoms with van der Waals surface area (Å²) in [6, 6.07) is 23.9. The van der Waals surface area contributed by atoms with Gasteiger partial charge in [-0.15, -0.1) is 0 Å². The number of halogens is 2. The lowest BCUT2D eigenvalue weighted by Crippen LogP contribution is -2.39. The average Bonchev–Trinajstić information content (AvgIpc) is 3.01. The number of nitrogens with zero attached hydrogens (tertiary/aromatic N) is 2. The van der Waals surface area contributed by atoms with E-state index in [1.807, 2.05) is 0 Å². The summed E-state index contributed by atoms with van der Waals surface area (Å²) >= 11 is 6.14. The first-order valence-corrected chi connectivity index (χ1v) is 14.5. The third-order valence-corrected chi connectivity index (χ3v) is 7.82. The molecule has 0 saturated carbocycles. The van der Waals surface area contributed by atoms with Gasteiger partial charge in [-0.3, -0.25) is 13.9 Å². The van der Waals surface area contributed by atoms with Gasteiger partial charge in [-0.2, -0.15) is 5.10 Å². The lowest BCUT2D eigenvalue weighted by molar-refractivity contribution is -0.119. The number of carbonyl (C=O) groups excluding carboxylic acids is 2. The Morgan fingerprint density at radius 2 is 1.65 bits per heavy atom. The summed E-state index contributed by atoms with van der Waals surface area (Å²) in [4.78, 5) is 24.9. The van der Waals surface area contributed by atoms with E-state index in [4.69, 9.17) is 21.1 Å². The Morgan fingerprint density at radius 1 is 0.953 bits per heavy atom. The second-order valence-corrected chi connectivity index (χ2v) is 11.1. The molecule has 0 aliphatic carbocycles. The van der Waals surface area contributed by atoms with Crippen LogP contribution < -0.4 is 24.5 Å². The molecular formula is C30H26ClFN4O6S. The smallest absolute Gasteiger partial charge is 0.264 e. The molecule has 0 fully saturated rings. The number of hydrogen-bond acceptors (Lipinski definition) is 7. The van der Waals surface area contributed by atoms with Crippen molar-refractivity contribution in [1.29, 1.82) is 0 Å². The van der Waals surface area contributed by atoms with Gasteiger partial charge in [-0.05, 0) is 84.4 Å². The van der Waals surface area contributed by atoms with Crippen LogP contribution in [-0.2, 0) is 19.6 Å². The van der Waals surface area contributed by atoms with Crippen LogP contribution in [0.25, 0.3) is 0 Å². The van der Waals surface area contributed by atoms with E-state index in [0.29, 0.717) is 17.0 Å². The summed E-state index contributed by atoms with van der Waals surface area (Å²) in [6.07, 6.45) is 1.36. The minimum absolute atomic E-state index is 0.0245. The van der Waals surface area contributed by atoms with Gasteiger partial charge >= 0.3 is 0 Å². The van der Waals surface area contributed by atoms with E-state index in [2.05, 4.69) is 15.8 Å². The van der Waals surface area contributed by atoms with Crippen molar-refractivity contribution in [2.75, 3.05) is 29.9 Å². The molecule has 0 unspecified atom stereocenters. The first kappa shape index (κ1) is 31.0. The summed E-state index contributed by atoms with van der Waals surface area (Å²) in [5.41, 5.74) is 3.45. The van der Waals surface area contributed by atoms with Gasteiger partial charge in [-0.1, -0.05) is 29.8 Å². The van der Waals surface area contributed by atoms with Gasteiger partial charge in [0.15, 0.2) is 6.61 Å². The Bertz CT molecular complexity index is 1700. The van der Waals surface area contributed by atoms with Crippen molar-refractivity contribution in [3.63, 3.8) is 0 Å². The fourth-order valence-corrected chi connectivity index (χ4v) is 5.36. The highest BCUT2D eigenvalue weighted by Crippen LogP contribution is 2.34. The molecule has 2 N–H and O–H groups in total. The molecule has 4 aromatic carbocycles. The lowest BCUT2D eigenvalue weighted by Gasteiger charge is -2.25. The number of benzene rings is 4. The van der Waals surface area contributed by atoms with E-state index >= 15 is 0 Å². The van der Waals surface area contributed by atoms with Crippen molar-refractivity contribution in [1.82, 2.24) is 5.43 Å². The van der Waals surface area contributed by atoms with Gasteiger partial charge in [-0.25, -0.2) is 18.2 Å². The zero-order valence-electron chi connectivity index (χ0n) is 22.7. The molecule has 0 radical (unpaired) electrons. The van der Waals surface area contributed by atoms with E-state index in [0.717, 1.165) is 4.31 Å². The molecule has 43 heavy (non-hydrogen) atoms. The molecule has 0 atom stereocenters. The maximum atomic E-state index is 13.5. The van der Waals surface area contributed by atoms with E-state index in [9.17, 15) is 22.4 Å². The summed E-state index contributed by atoms with van der Waals surface area (Å²) in [6.45, 7) is -0.876. The summed E-state index contributed by atoms with van der Waals surface area (Å²) in [5.74, 6) is -0.930. The van der Waals surface area contributed by atoms with Gasteiger partial charge in [0, 0.05) is 10.7 Å². The average molecular weight is 625 g/mol. The Morgan fingerprint density at radius 3 is 2.33 bits per heavy atom. The van der Waals surface area contributed by atoms with Gasteiger partial charge in [0.2, 0.25) is 0 Å². The quantitative estimate of drug-likeness (QED) is 0.171.